The highest BCUT2D eigenvalue weighted by atomic mass is 19.4. The number of methoxy groups -OCH3 is 1. The molecule has 0 bridgehead atoms. The van der Waals surface area contributed by atoms with Crippen LogP contribution in [0.2, 0.25) is 0 Å². The molecule has 9 nitrogen and oxygen atoms in total. The van der Waals surface area contributed by atoms with Crippen molar-refractivity contribution in [2.45, 2.75) is 46.9 Å². The highest BCUT2D eigenvalue weighted by Crippen LogP contribution is 2.37. The minimum atomic E-state index is -4.77. The standard InChI is InChI=1S/C36H37F4N3O6/c1-6-47-31-17-25(20-41-32(31)49-21-22-8-13-27(46-5)14-9-22)23-11-15-30(29(37)16-23)43-34(45)42-26-12-10-24(28(18-26)36(38,39)40)19-35(3,4)33(44)48-7-2/h8-18,20H,6-7,19,21H2,1-5H3,(H2,42,43,45). The lowest BCUT2D eigenvalue weighted by Gasteiger charge is -2.24. The van der Waals surface area contributed by atoms with Gasteiger partial charge in [-0.15, -0.1) is 0 Å². The molecule has 0 fully saturated rings. The molecule has 1 aromatic heterocycles. The summed E-state index contributed by atoms with van der Waals surface area (Å²) in [5.74, 6) is -0.104. The Morgan fingerprint density at radius 3 is 2.22 bits per heavy atom. The van der Waals surface area contributed by atoms with Crippen molar-refractivity contribution in [3.63, 3.8) is 0 Å². The number of alkyl halides is 3. The van der Waals surface area contributed by atoms with Gasteiger partial charge >= 0.3 is 18.2 Å². The molecule has 0 aliphatic heterocycles. The van der Waals surface area contributed by atoms with Crippen molar-refractivity contribution in [2.75, 3.05) is 31.0 Å². The first-order valence-electron chi connectivity index (χ1n) is 15.4. The summed E-state index contributed by atoms with van der Waals surface area (Å²) in [7, 11) is 1.58. The lowest BCUT2D eigenvalue weighted by atomic mass is 9.84. The molecule has 0 aliphatic rings. The van der Waals surface area contributed by atoms with E-state index in [1.165, 1.54) is 44.3 Å². The number of nitrogens with one attached hydrogen (secondary N) is 2. The summed E-state index contributed by atoms with van der Waals surface area (Å²) in [4.78, 5) is 29.3. The smallest absolute Gasteiger partial charge is 0.416 e. The van der Waals surface area contributed by atoms with Crippen LogP contribution in [0.5, 0.6) is 17.4 Å². The monoisotopic (exact) mass is 683 g/mol. The van der Waals surface area contributed by atoms with E-state index in [4.69, 9.17) is 18.9 Å². The first-order chi connectivity index (χ1) is 23.2. The molecule has 0 saturated heterocycles. The highest BCUT2D eigenvalue weighted by molar-refractivity contribution is 6.00. The third-order valence-electron chi connectivity index (χ3n) is 7.34. The van der Waals surface area contributed by atoms with Gasteiger partial charge in [0.25, 0.3) is 5.88 Å². The van der Waals surface area contributed by atoms with Crippen molar-refractivity contribution in [1.82, 2.24) is 4.98 Å². The van der Waals surface area contributed by atoms with Crippen LogP contribution in [0.25, 0.3) is 11.1 Å². The van der Waals surface area contributed by atoms with Crippen LogP contribution in [-0.4, -0.2) is 37.3 Å². The predicted molar refractivity (Wildman–Crippen MR) is 176 cm³/mol. The Kier molecular flexibility index (Phi) is 11.7. The SMILES string of the molecule is CCOC(=O)C(C)(C)Cc1ccc(NC(=O)Nc2ccc(-c3cnc(OCc4ccc(OC)cc4)c(OCC)c3)cc2F)cc1C(F)(F)F. The van der Waals surface area contributed by atoms with E-state index in [1.807, 2.05) is 24.3 Å². The molecule has 0 saturated carbocycles. The number of amides is 2. The number of pyridine rings is 1. The Bertz CT molecular complexity index is 1780. The molecule has 0 atom stereocenters. The maximum Gasteiger partial charge on any atom is 0.416 e. The lowest BCUT2D eigenvalue weighted by molar-refractivity contribution is -0.154. The van der Waals surface area contributed by atoms with Crippen LogP contribution in [0.15, 0.2) is 72.9 Å². The van der Waals surface area contributed by atoms with Gasteiger partial charge in [0.15, 0.2) is 5.75 Å². The Labute approximate surface area is 281 Å². The minimum absolute atomic E-state index is 0.0942. The van der Waals surface area contributed by atoms with Gasteiger partial charge in [-0.1, -0.05) is 24.3 Å². The largest absolute Gasteiger partial charge is 0.497 e. The quantitative estimate of drug-likeness (QED) is 0.107. The second kappa shape index (κ2) is 15.7. The Morgan fingerprint density at radius 1 is 0.857 bits per heavy atom. The predicted octanol–water partition coefficient (Wildman–Crippen LogP) is 8.67. The summed E-state index contributed by atoms with van der Waals surface area (Å²) < 4.78 is 78.8. The number of rotatable bonds is 13. The van der Waals surface area contributed by atoms with Crippen molar-refractivity contribution in [3.05, 3.63) is 95.4 Å². The van der Waals surface area contributed by atoms with Gasteiger partial charge in [-0.05, 0) is 93.3 Å². The van der Waals surface area contributed by atoms with E-state index < -0.39 is 35.0 Å². The molecule has 4 rings (SSSR count). The summed E-state index contributed by atoms with van der Waals surface area (Å²) >= 11 is 0. The number of nitrogens with zero attached hydrogens (tertiary/aromatic N) is 1. The van der Waals surface area contributed by atoms with Crippen LogP contribution in [-0.2, 0) is 28.7 Å². The third-order valence-corrected chi connectivity index (χ3v) is 7.34. The fraction of sp³-hybridized carbons (Fsp3) is 0.306. The number of halogens is 4. The van der Waals surface area contributed by atoms with Crippen molar-refractivity contribution in [3.8, 4) is 28.5 Å². The molecule has 0 aliphatic carbocycles. The summed E-state index contributed by atoms with van der Waals surface area (Å²) in [6.45, 7) is 7.05. The number of carbonyl (C=O) groups is 2. The van der Waals surface area contributed by atoms with E-state index in [0.717, 1.165) is 11.6 Å². The van der Waals surface area contributed by atoms with Crippen LogP contribution in [0.1, 0.15) is 44.4 Å². The Balaban J connectivity index is 1.46. The number of urea groups is 1. The van der Waals surface area contributed by atoms with Crippen LogP contribution in [0, 0.1) is 11.2 Å². The summed E-state index contributed by atoms with van der Waals surface area (Å²) in [5, 5.41) is 4.63. The topological polar surface area (TPSA) is 108 Å². The summed E-state index contributed by atoms with van der Waals surface area (Å²) in [6, 6.07) is 15.3. The van der Waals surface area contributed by atoms with Crippen molar-refractivity contribution in [2.24, 2.45) is 5.41 Å². The normalized spacial score (nSPS) is 11.4. The molecule has 3 aromatic carbocycles. The molecular weight excluding hydrogens is 646 g/mol. The number of aromatic nitrogens is 1. The summed E-state index contributed by atoms with van der Waals surface area (Å²) in [5.41, 5.74) is -0.939. The molecule has 0 spiro atoms. The average Bonchev–Trinajstić information content (AvgIpc) is 3.05. The molecule has 4 aromatic rings. The fourth-order valence-electron chi connectivity index (χ4n) is 4.86. The van der Waals surface area contributed by atoms with Crippen molar-refractivity contribution < 1.29 is 46.1 Å². The first kappa shape index (κ1) is 36.5. The maximum absolute atomic E-state index is 15.2. The Morgan fingerprint density at radius 2 is 1.59 bits per heavy atom. The second-order valence-corrected chi connectivity index (χ2v) is 11.5. The molecule has 1 heterocycles. The van der Waals surface area contributed by atoms with Crippen LogP contribution < -0.4 is 24.8 Å². The first-order valence-corrected chi connectivity index (χ1v) is 15.4. The van der Waals surface area contributed by atoms with Gasteiger partial charge in [0.05, 0.1) is 37.0 Å². The third kappa shape index (κ3) is 9.62. The lowest BCUT2D eigenvalue weighted by Crippen LogP contribution is -2.30. The number of esters is 1. The molecular formula is C36H37F4N3O6. The number of hydrogen-bond acceptors (Lipinski definition) is 7. The van der Waals surface area contributed by atoms with Gasteiger partial charge < -0.3 is 29.6 Å². The minimum Gasteiger partial charge on any atom is -0.497 e. The van der Waals surface area contributed by atoms with E-state index in [0.29, 0.717) is 29.2 Å². The van der Waals surface area contributed by atoms with Gasteiger partial charge in [0.2, 0.25) is 0 Å². The second-order valence-electron chi connectivity index (χ2n) is 11.5. The zero-order chi connectivity index (χ0) is 35.8. The van der Waals surface area contributed by atoms with E-state index >= 15 is 4.39 Å². The molecule has 2 N–H and O–H groups in total. The summed E-state index contributed by atoms with van der Waals surface area (Å²) in [6.07, 6.45) is -3.52. The van der Waals surface area contributed by atoms with E-state index in [9.17, 15) is 22.8 Å². The molecule has 0 unspecified atom stereocenters. The maximum atomic E-state index is 15.2. The molecule has 49 heavy (non-hydrogen) atoms. The van der Waals surface area contributed by atoms with Gasteiger partial charge in [0, 0.05) is 17.4 Å². The van der Waals surface area contributed by atoms with Crippen LogP contribution in [0.4, 0.5) is 33.7 Å². The zero-order valence-electron chi connectivity index (χ0n) is 27.7. The molecule has 0 radical (unpaired) electrons. The Hall–Kier alpha value is -5.33. The van der Waals surface area contributed by atoms with Gasteiger partial charge in [-0.3, -0.25) is 4.79 Å². The van der Waals surface area contributed by atoms with Crippen molar-refractivity contribution >= 4 is 23.4 Å². The van der Waals surface area contributed by atoms with Gasteiger partial charge in [0.1, 0.15) is 18.2 Å². The highest BCUT2D eigenvalue weighted by Gasteiger charge is 2.37. The number of carbonyl (C=O) groups excluding carboxylic acids is 2. The molecule has 260 valence electrons. The average molecular weight is 684 g/mol. The number of anilines is 2. The fourth-order valence-corrected chi connectivity index (χ4v) is 4.86. The number of benzene rings is 3. The van der Waals surface area contributed by atoms with Crippen LogP contribution >= 0.6 is 0 Å². The van der Waals surface area contributed by atoms with Gasteiger partial charge in [-0.25, -0.2) is 14.2 Å². The van der Waals surface area contributed by atoms with E-state index in [1.54, 1.807) is 33.1 Å². The van der Waals surface area contributed by atoms with E-state index in [2.05, 4.69) is 15.6 Å². The number of hydrogen-bond donors (Lipinski definition) is 2. The molecule has 2 amide bonds. The van der Waals surface area contributed by atoms with Crippen molar-refractivity contribution in [1.29, 1.82) is 0 Å². The van der Waals surface area contributed by atoms with Gasteiger partial charge in [-0.2, -0.15) is 13.2 Å². The van der Waals surface area contributed by atoms with E-state index in [-0.39, 0.29) is 42.5 Å². The zero-order valence-corrected chi connectivity index (χ0v) is 27.7. The number of ether oxygens (including phenoxy) is 4. The van der Waals surface area contributed by atoms with Crippen LogP contribution in [0.3, 0.4) is 0 Å². The molecule has 13 heteroatoms.